The van der Waals surface area contributed by atoms with Gasteiger partial charge < -0.3 is 25.6 Å². The van der Waals surface area contributed by atoms with Crippen LogP contribution in [0.4, 0.5) is 10.5 Å². The number of nitrogen functional groups attached to an aromatic ring is 1. The maximum Gasteiger partial charge on any atom is 0.416 e. The first-order valence-electron chi connectivity index (χ1n) is 13.8. The molecule has 0 aromatic heterocycles. The van der Waals surface area contributed by atoms with E-state index in [-0.39, 0.29) is 19.1 Å². The van der Waals surface area contributed by atoms with Crippen LogP contribution in [-0.2, 0) is 4.79 Å². The third-order valence-electron chi connectivity index (χ3n) is 7.17. The largest absolute Gasteiger partial charge is 0.493 e. The molecule has 0 radical (unpaired) electrons. The Morgan fingerprint density at radius 2 is 1.71 bits per heavy atom. The van der Waals surface area contributed by atoms with Gasteiger partial charge in [-0.15, -0.1) is 0 Å². The van der Waals surface area contributed by atoms with Crippen molar-refractivity contribution in [3.05, 3.63) is 93.5 Å². The highest BCUT2D eigenvalue weighted by molar-refractivity contribution is 6.31. The summed E-state index contributed by atoms with van der Waals surface area (Å²) in [4.78, 5) is 26.6. The number of rotatable bonds is 10. The molecule has 0 aliphatic carbocycles. The highest BCUT2D eigenvalue weighted by Crippen LogP contribution is 2.42. The number of benzene rings is 3. The Hall–Kier alpha value is -3.72. The Labute approximate surface area is 256 Å². The van der Waals surface area contributed by atoms with Gasteiger partial charge in [0.15, 0.2) is 0 Å². The molecule has 0 bridgehead atoms. The normalized spacial score (nSPS) is 15.7. The number of anilines is 1. The van der Waals surface area contributed by atoms with Gasteiger partial charge in [-0.2, -0.15) is 0 Å². The molecule has 3 aromatic rings. The van der Waals surface area contributed by atoms with Crippen molar-refractivity contribution in [3.8, 4) is 11.5 Å². The van der Waals surface area contributed by atoms with Crippen molar-refractivity contribution in [2.75, 3.05) is 25.4 Å². The fraction of sp³-hybridized carbons (Fsp3) is 0.312. The second-order valence-electron chi connectivity index (χ2n) is 10.1. The first kappa shape index (κ1) is 31.2. The fourth-order valence-corrected chi connectivity index (χ4v) is 5.20. The lowest BCUT2D eigenvalue weighted by atomic mass is 9.85. The lowest BCUT2D eigenvalue weighted by Crippen LogP contribution is -2.41. The van der Waals surface area contributed by atoms with Crippen LogP contribution >= 0.6 is 23.2 Å². The molecule has 1 aliphatic rings. The van der Waals surface area contributed by atoms with E-state index < -0.39 is 18.2 Å². The molecule has 4 rings (SSSR count). The summed E-state index contributed by atoms with van der Waals surface area (Å²) in [6.07, 6.45) is 0.127. The average Bonchev–Trinajstić information content (AvgIpc) is 2.98. The van der Waals surface area contributed by atoms with Gasteiger partial charge in [0.2, 0.25) is 5.91 Å². The van der Waals surface area contributed by atoms with Gasteiger partial charge in [-0.1, -0.05) is 42.3 Å². The minimum absolute atomic E-state index is 0.107. The number of nitrogens with two attached hydrogens (primary N) is 1. The quantitative estimate of drug-likeness (QED) is 0.221. The van der Waals surface area contributed by atoms with E-state index in [0.29, 0.717) is 53.0 Å². The summed E-state index contributed by atoms with van der Waals surface area (Å²) in [7, 11) is 0. The van der Waals surface area contributed by atoms with Crippen molar-refractivity contribution in [2.45, 2.75) is 45.3 Å². The molecule has 8 nitrogen and oxygen atoms in total. The van der Waals surface area contributed by atoms with Crippen LogP contribution in [0.3, 0.4) is 0 Å². The summed E-state index contributed by atoms with van der Waals surface area (Å²) < 4.78 is 11.5. The van der Waals surface area contributed by atoms with E-state index in [4.69, 9.17) is 38.4 Å². The Kier molecular flexibility index (Phi) is 10.7. The molecular formula is C32H35Cl2N3O5. The number of aliphatic hydroxyl groups excluding tert-OH is 1. The maximum atomic E-state index is 13.5. The van der Waals surface area contributed by atoms with Gasteiger partial charge in [-0.25, -0.2) is 4.79 Å². The smallest absolute Gasteiger partial charge is 0.416 e. The lowest BCUT2D eigenvalue weighted by molar-refractivity contribution is -0.121. The zero-order valence-corrected chi connectivity index (χ0v) is 25.1. The van der Waals surface area contributed by atoms with Gasteiger partial charge in [-0.05, 0) is 84.7 Å². The third kappa shape index (κ3) is 7.97. The summed E-state index contributed by atoms with van der Waals surface area (Å²) in [5.74, 6) is 0.912. The topological polar surface area (TPSA) is 114 Å². The average molecular weight is 613 g/mol. The number of carbonyl (C=O) groups excluding carboxylic acids is 2. The monoisotopic (exact) mass is 611 g/mol. The van der Waals surface area contributed by atoms with Crippen LogP contribution in [0.5, 0.6) is 11.5 Å². The van der Waals surface area contributed by atoms with Crippen molar-refractivity contribution >= 4 is 46.5 Å². The summed E-state index contributed by atoms with van der Waals surface area (Å²) in [6, 6.07) is 19.1. The van der Waals surface area contributed by atoms with Crippen LogP contribution in [0, 0.1) is 0 Å². The minimum Gasteiger partial charge on any atom is -0.493 e. The SMILES string of the molecule is CCC(=O)NCC(O)CCOc1ccc([C@H]2C(C)=C(c3cc(Cl)ccc3N)CCN2C(=O)Oc2ccc(Cl)cc2)cc1. The van der Waals surface area contributed by atoms with Gasteiger partial charge >= 0.3 is 6.09 Å². The van der Waals surface area contributed by atoms with Crippen molar-refractivity contribution in [1.29, 1.82) is 0 Å². The number of halogens is 2. The van der Waals surface area contributed by atoms with Crippen LogP contribution in [0.15, 0.2) is 72.3 Å². The molecule has 1 aliphatic heterocycles. The molecule has 1 heterocycles. The van der Waals surface area contributed by atoms with Gasteiger partial charge in [0.1, 0.15) is 11.5 Å². The number of carbonyl (C=O) groups is 2. The fourth-order valence-electron chi connectivity index (χ4n) is 4.90. The molecule has 42 heavy (non-hydrogen) atoms. The number of ether oxygens (including phenoxy) is 2. The second-order valence-corrected chi connectivity index (χ2v) is 11.0. The van der Waals surface area contributed by atoms with Crippen molar-refractivity contribution in [1.82, 2.24) is 10.2 Å². The second kappa shape index (κ2) is 14.4. The number of hydrogen-bond acceptors (Lipinski definition) is 6. The molecule has 0 fully saturated rings. The maximum absolute atomic E-state index is 13.5. The van der Waals surface area contributed by atoms with Crippen LogP contribution in [0.1, 0.15) is 50.3 Å². The molecule has 0 saturated heterocycles. The first-order chi connectivity index (χ1) is 20.2. The molecule has 4 N–H and O–H groups in total. The van der Waals surface area contributed by atoms with E-state index in [1.165, 1.54) is 0 Å². The highest BCUT2D eigenvalue weighted by atomic mass is 35.5. The predicted molar refractivity (Wildman–Crippen MR) is 166 cm³/mol. The molecule has 10 heteroatoms. The van der Waals surface area contributed by atoms with Crippen LogP contribution in [-0.4, -0.2) is 47.8 Å². The Morgan fingerprint density at radius 3 is 2.40 bits per heavy atom. The van der Waals surface area contributed by atoms with Gasteiger partial charge in [0, 0.05) is 47.2 Å². The number of aliphatic hydroxyl groups is 1. The molecule has 0 saturated carbocycles. The van der Waals surface area contributed by atoms with E-state index in [2.05, 4.69) is 5.32 Å². The zero-order chi connectivity index (χ0) is 30.2. The molecule has 222 valence electrons. The van der Waals surface area contributed by atoms with Gasteiger partial charge in [0.25, 0.3) is 0 Å². The molecule has 1 unspecified atom stereocenters. The summed E-state index contributed by atoms with van der Waals surface area (Å²) in [6.45, 7) is 4.62. The lowest BCUT2D eigenvalue weighted by Gasteiger charge is -2.38. The van der Waals surface area contributed by atoms with Crippen molar-refractivity contribution in [2.24, 2.45) is 0 Å². The van der Waals surface area contributed by atoms with Crippen LogP contribution in [0.25, 0.3) is 5.57 Å². The highest BCUT2D eigenvalue weighted by Gasteiger charge is 2.34. The van der Waals surface area contributed by atoms with E-state index in [1.54, 1.807) is 48.2 Å². The number of hydrogen-bond donors (Lipinski definition) is 3. The molecule has 2 amide bonds. The van der Waals surface area contributed by atoms with Crippen LogP contribution < -0.4 is 20.5 Å². The van der Waals surface area contributed by atoms with E-state index in [9.17, 15) is 14.7 Å². The Balaban J connectivity index is 1.55. The van der Waals surface area contributed by atoms with Gasteiger partial charge in [-0.3, -0.25) is 9.69 Å². The standard InChI is InChI=1S/C32H35Cl2N3O5/c1-3-30(39)36-19-24(38)15-17-41-25-9-4-21(5-10-25)31-20(2)27(28-18-23(34)8-13-29(28)35)14-16-37(31)32(40)42-26-11-6-22(33)7-12-26/h4-13,18,24,31,38H,3,14-17,19,35H2,1-2H3,(H,36,39)/t24?,31-/m1/s1. The summed E-state index contributed by atoms with van der Waals surface area (Å²) in [5, 5.41) is 13.9. The number of nitrogens with one attached hydrogen (secondary N) is 1. The first-order valence-corrected chi connectivity index (χ1v) is 14.6. The summed E-state index contributed by atoms with van der Waals surface area (Å²) in [5.41, 5.74) is 10.7. The van der Waals surface area contributed by atoms with E-state index in [1.807, 2.05) is 37.3 Å². The number of amides is 2. The Bertz CT molecular complexity index is 1430. The van der Waals surface area contributed by atoms with Crippen molar-refractivity contribution in [3.63, 3.8) is 0 Å². The molecule has 0 spiro atoms. The molecular weight excluding hydrogens is 577 g/mol. The minimum atomic E-state index is -0.702. The third-order valence-corrected chi connectivity index (χ3v) is 7.65. The summed E-state index contributed by atoms with van der Waals surface area (Å²) >= 11 is 12.3. The predicted octanol–water partition coefficient (Wildman–Crippen LogP) is 6.65. The zero-order valence-electron chi connectivity index (χ0n) is 23.6. The molecule has 3 aromatic carbocycles. The Morgan fingerprint density at radius 1 is 1.05 bits per heavy atom. The van der Waals surface area contributed by atoms with Gasteiger partial charge in [0.05, 0.1) is 18.8 Å². The van der Waals surface area contributed by atoms with E-state index in [0.717, 1.165) is 22.3 Å². The molecule has 2 atom stereocenters. The van der Waals surface area contributed by atoms with Crippen molar-refractivity contribution < 1.29 is 24.2 Å². The number of nitrogens with zero attached hydrogens (tertiary/aromatic N) is 1. The van der Waals surface area contributed by atoms with E-state index >= 15 is 0 Å². The van der Waals surface area contributed by atoms with Crippen LogP contribution in [0.2, 0.25) is 10.0 Å².